The monoisotopic (exact) mass is 510 g/mol. The SMILES string of the molecule is COc1ccc(CNc2nc(-c3ncco3)cn3nc(CCO[Si](C)(C)C(C)(C)C)nc23)c(OC)c1. The molecule has 0 bridgehead atoms. The molecule has 1 aromatic carbocycles. The molecule has 36 heavy (non-hydrogen) atoms. The van der Waals surface area contributed by atoms with Crippen molar-refractivity contribution in [3.63, 3.8) is 0 Å². The van der Waals surface area contributed by atoms with Crippen molar-refractivity contribution < 1.29 is 18.3 Å². The molecule has 0 unspecified atom stereocenters. The Bertz CT molecular complexity index is 1310. The number of ether oxygens (including phenoxy) is 2. The van der Waals surface area contributed by atoms with Crippen LogP contribution in [-0.4, -0.2) is 53.7 Å². The van der Waals surface area contributed by atoms with Gasteiger partial charge < -0.3 is 23.6 Å². The number of rotatable bonds is 10. The highest BCUT2D eigenvalue weighted by molar-refractivity contribution is 6.74. The fourth-order valence-corrected chi connectivity index (χ4v) is 4.45. The highest BCUT2D eigenvalue weighted by Gasteiger charge is 2.37. The van der Waals surface area contributed by atoms with Gasteiger partial charge in [-0.15, -0.1) is 0 Å². The first-order valence-electron chi connectivity index (χ1n) is 11.9. The highest BCUT2D eigenvalue weighted by Crippen LogP contribution is 2.36. The first-order valence-corrected chi connectivity index (χ1v) is 14.8. The lowest BCUT2D eigenvalue weighted by Crippen LogP contribution is -2.41. The zero-order chi connectivity index (χ0) is 25.9. The molecule has 0 amide bonds. The second-order valence-corrected chi connectivity index (χ2v) is 14.8. The summed E-state index contributed by atoms with van der Waals surface area (Å²) in [7, 11) is 1.41. The van der Waals surface area contributed by atoms with E-state index in [4.69, 9.17) is 28.3 Å². The van der Waals surface area contributed by atoms with Crippen molar-refractivity contribution in [1.29, 1.82) is 0 Å². The minimum atomic E-state index is -1.85. The first kappa shape index (κ1) is 25.6. The van der Waals surface area contributed by atoms with Crippen molar-refractivity contribution in [2.75, 3.05) is 26.1 Å². The van der Waals surface area contributed by atoms with E-state index in [9.17, 15) is 0 Å². The van der Waals surface area contributed by atoms with E-state index in [1.165, 1.54) is 6.26 Å². The molecule has 0 radical (unpaired) electrons. The smallest absolute Gasteiger partial charge is 0.246 e. The topological polar surface area (TPSA) is 109 Å². The Balaban J connectivity index is 1.60. The highest BCUT2D eigenvalue weighted by atomic mass is 28.4. The van der Waals surface area contributed by atoms with Crippen molar-refractivity contribution in [3.05, 3.63) is 48.2 Å². The molecular weight excluding hydrogens is 476 g/mol. The quantitative estimate of drug-likeness (QED) is 0.296. The lowest BCUT2D eigenvalue weighted by atomic mass is 10.2. The maximum Gasteiger partial charge on any atom is 0.246 e. The van der Waals surface area contributed by atoms with Crippen LogP contribution in [0.1, 0.15) is 32.2 Å². The standard InChI is InChI=1S/C25H34N6O4Si/c1-25(2,3)36(6,7)35-12-10-21-29-23-22(27-15-17-8-9-18(32-4)14-20(17)33-5)28-19(16-31(23)30-21)24-26-11-13-34-24/h8-9,11,13-14,16H,10,12,15H2,1-7H3,(H,27,28). The Kier molecular flexibility index (Phi) is 7.32. The molecule has 0 spiro atoms. The summed E-state index contributed by atoms with van der Waals surface area (Å²) in [5.41, 5.74) is 2.10. The summed E-state index contributed by atoms with van der Waals surface area (Å²) in [5, 5.41) is 8.22. The van der Waals surface area contributed by atoms with E-state index >= 15 is 0 Å². The molecule has 10 nitrogen and oxygen atoms in total. The minimum absolute atomic E-state index is 0.147. The van der Waals surface area contributed by atoms with Crippen LogP contribution in [0.5, 0.6) is 11.5 Å². The van der Waals surface area contributed by atoms with E-state index in [-0.39, 0.29) is 5.04 Å². The molecule has 192 valence electrons. The number of benzene rings is 1. The number of hydrogen-bond donors (Lipinski definition) is 1. The Labute approximate surface area is 212 Å². The largest absolute Gasteiger partial charge is 0.497 e. The predicted molar refractivity (Wildman–Crippen MR) is 140 cm³/mol. The van der Waals surface area contributed by atoms with Gasteiger partial charge in [0.05, 0.1) is 26.6 Å². The fourth-order valence-electron chi connectivity index (χ4n) is 3.40. The molecule has 0 saturated heterocycles. The van der Waals surface area contributed by atoms with Crippen molar-refractivity contribution in [3.8, 4) is 23.1 Å². The van der Waals surface area contributed by atoms with Gasteiger partial charge >= 0.3 is 0 Å². The predicted octanol–water partition coefficient (Wildman–Crippen LogP) is 4.97. The van der Waals surface area contributed by atoms with Crippen LogP contribution in [0.2, 0.25) is 18.1 Å². The molecule has 4 aromatic rings. The molecule has 0 aliphatic carbocycles. The van der Waals surface area contributed by atoms with Gasteiger partial charge in [-0.1, -0.05) is 20.8 Å². The fraction of sp³-hybridized carbons (Fsp3) is 0.440. The number of aromatic nitrogens is 5. The summed E-state index contributed by atoms with van der Waals surface area (Å²) in [6.07, 6.45) is 5.47. The van der Waals surface area contributed by atoms with Gasteiger partial charge in [0, 0.05) is 31.2 Å². The molecular formula is C25H34N6O4Si. The van der Waals surface area contributed by atoms with Gasteiger partial charge in [0.1, 0.15) is 23.5 Å². The molecule has 11 heteroatoms. The molecule has 3 heterocycles. The molecule has 0 aliphatic rings. The molecule has 4 rings (SSSR count). The van der Waals surface area contributed by atoms with E-state index < -0.39 is 8.32 Å². The number of nitrogens with one attached hydrogen (secondary N) is 1. The Morgan fingerprint density at radius 2 is 1.92 bits per heavy atom. The first-order chi connectivity index (χ1) is 17.1. The van der Waals surface area contributed by atoms with Crippen LogP contribution in [0.3, 0.4) is 0 Å². The number of anilines is 1. The van der Waals surface area contributed by atoms with E-state index in [0.717, 1.165) is 11.3 Å². The van der Waals surface area contributed by atoms with Crippen LogP contribution < -0.4 is 14.8 Å². The lowest BCUT2D eigenvalue weighted by molar-refractivity contribution is 0.289. The third-order valence-electron chi connectivity index (χ3n) is 6.55. The Morgan fingerprint density at radius 3 is 2.58 bits per heavy atom. The van der Waals surface area contributed by atoms with Crippen LogP contribution in [0.4, 0.5) is 5.82 Å². The van der Waals surface area contributed by atoms with Gasteiger partial charge in [0.15, 0.2) is 25.6 Å². The molecule has 3 aromatic heterocycles. The summed E-state index contributed by atoms with van der Waals surface area (Å²) >= 11 is 0. The lowest BCUT2D eigenvalue weighted by Gasteiger charge is -2.36. The van der Waals surface area contributed by atoms with Crippen molar-refractivity contribution in [2.24, 2.45) is 0 Å². The van der Waals surface area contributed by atoms with Crippen molar-refractivity contribution in [1.82, 2.24) is 24.6 Å². The molecule has 0 fully saturated rings. The van der Waals surface area contributed by atoms with E-state index in [1.54, 1.807) is 31.1 Å². The van der Waals surface area contributed by atoms with Crippen LogP contribution in [-0.2, 0) is 17.4 Å². The molecule has 0 saturated carbocycles. The summed E-state index contributed by atoms with van der Waals surface area (Å²) in [5.74, 6) is 3.09. The van der Waals surface area contributed by atoms with Crippen molar-refractivity contribution >= 4 is 19.8 Å². The van der Waals surface area contributed by atoms with Gasteiger partial charge in [0.2, 0.25) is 5.89 Å². The maximum absolute atomic E-state index is 6.33. The normalized spacial score (nSPS) is 12.2. The zero-order valence-electron chi connectivity index (χ0n) is 22.0. The van der Waals surface area contributed by atoms with Gasteiger partial charge in [-0.25, -0.2) is 19.5 Å². The van der Waals surface area contributed by atoms with Crippen LogP contribution in [0.25, 0.3) is 17.2 Å². The molecule has 0 aliphatic heterocycles. The molecule has 1 N–H and O–H groups in total. The van der Waals surface area contributed by atoms with E-state index in [1.807, 2.05) is 18.2 Å². The Morgan fingerprint density at radius 1 is 1.11 bits per heavy atom. The summed E-state index contributed by atoms with van der Waals surface area (Å²) in [4.78, 5) is 13.7. The third kappa shape index (κ3) is 5.52. The number of fused-ring (bicyclic) bond motifs is 1. The Hall–Kier alpha value is -3.44. The number of hydrogen-bond acceptors (Lipinski definition) is 9. The number of nitrogens with zero attached hydrogens (tertiary/aromatic N) is 5. The maximum atomic E-state index is 6.33. The van der Waals surface area contributed by atoms with Gasteiger partial charge in [-0.2, -0.15) is 5.10 Å². The minimum Gasteiger partial charge on any atom is -0.497 e. The second kappa shape index (κ2) is 10.3. The van der Waals surface area contributed by atoms with Crippen LogP contribution >= 0.6 is 0 Å². The summed E-state index contributed by atoms with van der Waals surface area (Å²) in [6, 6.07) is 5.69. The average Bonchev–Trinajstić information content (AvgIpc) is 3.51. The zero-order valence-corrected chi connectivity index (χ0v) is 23.0. The average molecular weight is 511 g/mol. The van der Waals surface area contributed by atoms with E-state index in [0.29, 0.717) is 54.2 Å². The van der Waals surface area contributed by atoms with Gasteiger partial charge in [-0.05, 0) is 30.3 Å². The number of oxazole rings is 1. The van der Waals surface area contributed by atoms with Crippen molar-refractivity contribution in [2.45, 2.75) is 51.9 Å². The third-order valence-corrected chi connectivity index (χ3v) is 11.1. The molecule has 0 atom stereocenters. The summed E-state index contributed by atoms with van der Waals surface area (Å²) < 4.78 is 24.4. The van der Waals surface area contributed by atoms with Crippen LogP contribution in [0, 0.1) is 0 Å². The second-order valence-electron chi connectivity index (χ2n) is 10.00. The van der Waals surface area contributed by atoms with Gasteiger partial charge in [0.25, 0.3) is 0 Å². The van der Waals surface area contributed by atoms with E-state index in [2.05, 4.69) is 49.3 Å². The number of methoxy groups -OCH3 is 2. The van der Waals surface area contributed by atoms with Crippen LogP contribution in [0.15, 0.2) is 41.3 Å². The summed E-state index contributed by atoms with van der Waals surface area (Å²) in [6.45, 7) is 12.2. The van der Waals surface area contributed by atoms with Gasteiger partial charge in [-0.3, -0.25) is 0 Å².